The molecule has 0 bridgehead atoms. The van der Waals surface area contributed by atoms with E-state index in [-0.39, 0.29) is 5.56 Å². The quantitative estimate of drug-likeness (QED) is 0.849. The molecule has 0 spiro atoms. The van der Waals surface area contributed by atoms with Crippen LogP contribution in [-0.2, 0) is 5.75 Å². The first kappa shape index (κ1) is 11.7. The van der Waals surface area contributed by atoms with Crippen LogP contribution in [-0.4, -0.2) is 16.1 Å². The number of benzene rings is 1. The van der Waals surface area contributed by atoms with Gasteiger partial charge in [0.15, 0.2) is 0 Å². The highest BCUT2D eigenvalue weighted by Crippen LogP contribution is 2.22. The molecule has 17 heavy (non-hydrogen) atoms. The highest BCUT2D eigenvalue weighted by atomic mass is 32.2. The number of thioether (sulfide) groups is 1. The molecular weight excluding hydrogens is 245 g/mol. The zero-order chi connectivity index (χ0) is 12.3. The largest absolute Gasteiger partial charge is 0.478 e. The van der Waals surface area contributed by atoms with Crippen molar-refractivity contribution in [2.45, 2.75) is 11.0 Å². The van der Waals surface area contributed by atoms with E-state index in [1.165, 1.54) is 36.4 Å². The van der Waals surface area contributed by atoms with Crippen molar-refractivity contribution in [3.8, 4) is 0 Å². The van der Waals surface area contributed by atoms with Crippen molar-refractivity contribution in [1.82, 2.24) is 4.98 Å². The third kappa shape index (κ3) is 3.07. The number of halogens is 1. The lowest BCUT2D eigenvalue weighted by molar-refractivity contribution is 0.0696. The number of hydrogen-bond donors (Lipinski definition) is 1. The van der Waals surface area contributed by atoms with Gasteiger partial charge in [-0.05, 0) is 23.8 Å². The number of carboxylic acid groups (broad SMARTS) is 1. The lowest BCUT2D eigenvalue weighted by Gasteiger charge is -2.01. The Kier molecular flexibility index (Phi) is 3.43. The summed E-state index contributed by atoms with van der Waals surface area (Å²) in [4.78, 5) is 14.6. The number of aromatic carboxylic acids is 1. The number of nitrogens with zero attached hydrogens (tertiary/aromatic N) is 1. The summed E-state index contributed by atoms with van der Waals surface area (Å²) in [5.41, 5.74) is 0.513. The van der Waals surface area contributed by atoms with E-state index < -0.39 is 11.8 Å². The molecule has 0 aliphatic heterocycles. The first-order valence-electron chi connectivity index (χ1n) is 4.70. The van der Waals surface area contributed by atoms with Gasteiger partial charge in [-0.3, -0.25) is 0 Å². The van der Waals surface area contributed by atoms with Gasteiger partial charge in [0.25, 0.3) is 5.22 Å². The van der Waals surface area contributed by atoms with Crippen molar-refractivity contribution in [2.24, 2.45) is 0 Å². The van der Waals surface area contributed by atoms with Gasteiger partial charge in [-0.2, -0.15) is 0 Å². The van der Waals surface area contributed by atoms with Crippen LogP contribution in [0, 0.1) is 5.82 Å². The summed E-state index contributed by atoms with van der Waals surface area (Å²) in [6.45, 7) is 0. The van der Waals surface area contributed by atoms with Crippen LogP contribution in [0.15, 0.2) is 40.3 Å². The lowest BCUT2D eigenvalue weighted by Crippen LogP contribution is -1.98. The molecule has 0 saturated heterocycles. The molecule has 4 nitrogen and oxygen atoms in total. The molecule has 0 fully saturated rings. The summed E-state index contributed by atoms with van der Waals surface area (Å²) in [6.07, 6.45) is 2.95. The number of aromatic nitrogens is 1. The second-order valence-corrected chi connectivity index (χ2v) is 4.17. The number of carboxylic acids is 1. The summed E-state index contributed by atoms with van der Waals surface area (Å²) in [5.74, 6) is -1.31. The molecule has 2 rings (SSSR count). The van der Waals surface area contributed by atoms with E-state index >= 15 is 0 Å². The predicted molar refractivity (Wildman–Crippen MR) is 59.4 cm³/mol. The van der Waals surface area contributed by atoms with Crippen LogP contribution < -0.4 is 0 Å². The fourth-order valence-electron chi connectivity index (χ4n) is 1.28. The minimum atomic E-state index is -1.15. The molecule has 0 unspecified atom stereocenters. The summed E-state index contributed by atoms with van der Waals surface area (Å²) in [6, 6.07) is 3.71. The fourth-order valence-corrected chi connectivity index (χ4v) is 2.00. The Morgan fingerprint density at radius 1 is 1.47 bits per heavy atom. The molecule has 0 radical (unpaired) electrons. The van der Waals surface area contributed by atoms with Gasteiger partial charge in [0.1, 0.15) is 12.1 Å². The molecule has 88 valence electrons. The third-order valence-corrected chi connectivity index (χ3v) is 2.90. The van der Waals surface area contributed by atoms with Crippen molar-refractivity contribution in [3.05, 3.63) is 47.6 Å². The summed E-state index contributed by atoms with van der Waals surface area (Å²) < 4.78 is 18.1. The number of carbonyl (C=O) groups is 1. The second kappa shape index (κ2) is 5.01. The van der Waals surface area contributed by atoms with Gasteiger partial charge >= 0.3 is 5.97 Å². The van der Waals surface area contributed by atoms with Gasteiger partial charge in [0.2, 0.25) is 0 Å². The molecule has 0 aliphatic carbocycles. The second-order valence-electron chi connectivity index (χ2n) is 3.24. The van der Waals surface area contributed by atoms with Crippen molar-refractivity contribution < 1.29 is 18.7 Å². The van der Waals surface area contributed by atoms with Gasteiger partial charge in [-0.15, -0.1) is 0 Å². The summed E-state index contributed by atoms with van der Waals surface area (Å²) in [7, 11) is 0. The topological polar surface area (TPSA) is 63.3 Å². The maximum atomic E-state index is 13.1. The number of rotatable bonds is 4. The molecular formula is C11H8FNO3S. The van der Waals surface area contributed by atoms with Crippen LogP contribution in [0.5, 0.6) is 0 Å². The van der Waals surface area contributed by atoms with Crippen LogP contribution in [0.2, 0.25) is 0 Å². The Bertz CT molecular complexity index is 528. The maximum Gasteiger partial charge on any atom is 0.335 e. The van der Waals surface area contributed by atoms with E-state index in [0.717, 1.165) is 6.07 Å². The Balaban J connectivity index is 2.13. The molecule has 1 N–H and O–H groups in total. The zero-order valence-corrected chi connectivity index (χ0v) is 9.41. The Morgan fingerprint density at radius 3 is 2.94 bits per heavy atom. The molecule has 1 aromatic carbocycles. The predicted octanol–water partition coefficient (Wildman–Crippen LogP) is 2.80. The Morgan fingerprint density at radius 2 is 2.29 bits per heavy atom. The zero-order valence-electron chi connectivity index (χ0n) is 8.59. The normalized spacial score (nSPS) is 10.4. The van der Waals surface area contributed by atoms with Crippen molar-refractivity contribution in [2.75, 3.05) is 0 Å². The fraction of sp³-hybridized carbons (Fsp3) is 0.0909. The SMILES string of the molecule is O=C(O)c1cc(F)cc(CSc2ncco2)c1. The van der Waals surface area contributed by atoms with Gasteiger partial charge in [-0.25, -0.2) is 14.2 Å². The highest BCUT2D eigenvalue weighted by molar-refractivity contribution is 7.98. The Hall–Kier alpha value is -1.82. The van der Waals surface area contributed by atoms with E-state index in [9.17, 15) is 9.18 Å². The van der Waals surface area contributed by atoms with E-state index in [4.69, 9.17) is 9.52 Å². The maximum absolute atomic E-state index is 13.1. The van der Waals surface area contributed by atoms with Crippen LogP contribution in [0.25, 0.3) is 0 Å². The molecule has 1 heterocycles. The smallest absolute Gasteiger partial charge is 0.335 e. The Labute approximate surface area is 100 Å². The van der Waals surface area contributed by atoms with E-state index in [1.54, 1.807) is 0 Å². The molecule has 1 aromatic heterocycles. The first-order chi connectivity index (χ1) is 8.15. The standard InChI is InChI=1S/C11H8FNO3S/c12-9-4-7(3-8(5-9)10(14)15)6-17-11-13-1-2-16-11/h1-5H,6H2,(H,14,15). The van der Waals surface area contributed by atoms with Gasteiger partial charge in [0, 0.05) is 5.75 Å². The lowest BCUT2D eigenvalue weighted by atomic mass is 10.1. The van der Waals surface area contributed by atoms with E-state index in [2.05, 4.69) is 4.98 Å². The average Bonchev–Trinajstić information content (AvgIpc) is 2.78. The van der Waals surface area contributed by atoms with Crippen LogP contribution >= 0.6 is 11.8 Å². The first-order valence-corrected chi connectivity index (χ1v) is 5.69. The van der Waals surface area contributed by atoms with E-state index in [1.807, 2.05) is 0 Å². The molecule has 0 atom stereocenters. The minimum Gasteiger partial charge on any atom is -0.478 e. The summed E-state index contributed by atoms with van der Waals surface area (Å²) >= 11 is 1.27. The van der Waals surface area contributed by atoms with Crippen molar-refractivity contribution in [1.29, 1.82) is 0 Å². The highest BCUT2D eigenvalue weighted by Gasteiger charge is 2.08. The minimum absolute atomic E-state index is 0.0620. The monoisotopic (exact) mass is 253 g/mol. The van der Waals surface area contributed by atoms with Crippen molar-refractivity contribution in [3.63, 3.8) is 0 Å². The van der Waals surface area contributed by atoms with Crippen LogP contribution in [0.4, 0.5) is 4.39 Å². The third-order valence-electron chi connectivity index (χ3n) is 1.98. The van der Waals surface area contributed by atoms with Gasteiger partial charge < -0.3 is 9.52 Å². The van der Waals surface area contributed by atoms with Crippen LogP contribution in [0.1, 0.15) is 15.9 Å². The van der Waals surface area contributed by atoms with Crippen LogP contribution in [0.3, 0.4) is 0 Å². The van der Waals surface area contributed by atoms with Crippen molar-refractivity contribution >= 4 is 17.7 Å². The molecule has 0 amide bonds. The molecule has 0 saturated carbocycles. The van der Waals surface area contributed by atoms with Gasteiger partial charge in [-0.1, -0.05) is 11.8 Å². The van der Waals surface area contributed by atoms with E-state index in [0.29, 0.717) is 16.5 Å². The number of oxazole rings is 1. The summed E-state index contributed by atoms with van der Waals surface area (Å²) in [5, 5.41) is 9.25. The molecule has 2 aromatic rings. The molecule has 6 heteroatoms. The molecule has 0 aliphatic rings. The van der Waals surface area contributed by atoms with Gasteiger partial charge in [0.05, 0.1) is 11.8 Å². The number of hydrogen-bond acceptors (Lipinski definition) is 4. The average molecular weight is 253 g/mol.